The second-order valence-electron chi connectivity index (χ2n) is 8.93. The van der Waals surface area contributed by atoms with Crippen molar-refractivity contribution >= 4 is 33.9 Å². The van der Waals surface area contributed by atoms with Gasteiger partial charge in [0, 0.05) is 36.1 Å². The standard InChI is InChI=1S/C27H29FN4O4S/c1-4-35-27(33)24-25(36-15-17-5-6-17)31-26(37-24)21-14-18(9-10-30-21)29-11-12-32-16(2)13-19-22(34-3)8-7-20(28)23(19)32/h7-10,13-14,17H,4-6,11-12,15H2,1-3H3,(H,29,30). The van der Waals surface area contributed by atoms with Gasteiger partial charge in [0.25, 0.3) is 0 Å². The Hall–Kier alpha value is -3.66. The van der Waals surface area contributed by atoms with E-state index < -0.39 is 5.97 Å². The van der Waals surface area contributed by atoms with E-state index in [2.05, 4.69) is 15.3 Å². The number of pyridine rings is 1. The maximum absolute atomic E-state index is 14.7. The monoisotopic (exact) mass is 524 g/mol. The number of aromatic nitrogens is 3. The smallest absolute Gasteiger partial charge is 0.354 e. The van der Waals surface area contributed by atoms with Gasteiger partial charge in [-0.15, -0.1) is 11.3 Å². The van der Waals surface area contributed by atoms with Crippen LogP contribution in [0, 0.1) is 18.7 Å². The lowest BCUT2D eigenvalue weighted by atomic mass is 10.2. The molecule has 4 aromatic rings. The molecule has 0 spiro atoms. The van der Waals surface area contributed by atoms with E-state index in [-0.39, 0.29) is 12.4 Å². The third-order valence-electron chi connectivity index (χ3n) is 6.25. The van der Waals surface area contributed by atoms with Crippen LogP contribution in [0.3, 0.4) is 0 Å². The average molecular weight is 525 g/mol. The number of rotatable bonds is 11. The predicted molar refractivity (Wildman–Crippen MR) is 141 cm³/mol. The first-order chi connectivity index (χ1) is 18.0. The number of ether oxygens (including phenoxy) is 3. The summed E-state index contributed by atoms with van der Waals surface area (Å²) in [6.07, 6.45) is 3.97. The molecular formula is C27H29FN4O4S. The van der Waals surface area contributed by atoms with Crippen LogP contribution in [0.25, 0.3) is 21.6 Å². The molecule has 1 fully saturated rings. The molecule has 0 unspecified atom stereocenters. The minimum Gasteiger partial charge on any atom is -0.496 e. The van der Waals surface area contributed by atoms with E-state index in [1.807, 2.05) is 29.7 Å². The van der Waals surface area contributed by atoms with Gasteiger partial charge in [0.1, 0.15) is 22.3 Å². The van der Waals surface area contributed by atoms with Crippen LogP contribution in [0.15, 0.2) is 36.5 Å². The molecular weight excluding hydrogens is 495 g/mol. The highest BCUT2D eigenvalue weighted by molar-refractivity contribution is 7.17. The summed E-state index contributed by atoms with van der Waals surface area (Å²) in [5.74, 6) is 0.760. The Labute approximate surface area is 218 Å². The summed E-state index contributed by atoms with van der Waals surface area (Å²) in [5, 5.41) is 4.72. The Kier molecular flexibility index (Phi) is 7.27. The Morgan fingerprint density at radius 2 is 2.11 bits per heavy atom. The normalized spacial score (nSPS) is 13.1. The van der Waals surface area contributed by atoms with Crippen molar-refractivity contribution in [3.05, 3.63) is 52.9 Å². The molecule has 10 heteroatoms. The van der Waals surface area contributed by atoms with Gasteiger partial charge in [-0.05, 0) is 62.9 Å². The molecule has 0 saturated heterocycles. The van der Waals surface area contributed by atoms with Crippen molar-refractivity contribution in [2.45, 2.75) is 33.2 Å². The molecule has 3 heterocycles. The molecule has 5 rings (SSSR count). The zero-order valence-electron chi connectivity index (χ0n) is 21.0. The van der Waals surface area contributed by atoms with Gasteiger partial charge >= 0.3 is 5.97 Å². The number of halogens is 1. The van der Waals surface area contributed by atoms with E-state index in [0.717, 1.165) is 29.6 Å². The number of methoxy groups -OCH3 is 1. The summed E-state index contributed by atoms with van der Waals surface area (Å²) in [5.41, 5.74) is 2.94. The predicted octanol–water partition coefficient (Wildman–Crippen LogP) is 5.69. The summed E-state index contributed by atoms with van der Waals surface area (Å²) in [6.45, 7) is 5.66. The molecule has 0 atom stereocenters. The van der Waals surface area contributed by atoms with Crippen LogP contribution in [0.2, 0.25) is 0 Å². The molecule has 3 aromatic heterocycles. The number of thiazole rings is 1. The Bertz CT molecular complexity index is 1430. The van der Waals surface area contributed by atoms with Gasteiger partial charge in [-0.3, -0.25) is 4.98 Å². The summed E-state index contributed by atoms with van der Waals surface area (Å²) in [6, 6.07) is 8.75. The number of benzene rings is 1. The van der Waals surface area contributed by atoms with Crippen LogP contribution in [0.5, 0.6) is 11.6 Å². The van der Waals surface area contributed by atoms with Crippen LogP contribution < -0.4 is 14.8 Å². The van der Waals surface area contributed by atoms with E-state index in [0.29, 0.717) is 58.3 Å². The van der Waals surface area contributed by atoms with Crippen molar-refractivity contribution in [2.24, 2.45) is 5.92 Å². The van der Waals surface area contributed by atoms with Crippen LogP contribution in [0.4, 0.5) is 10.1 Å². The summed E-state index contributed by atoms with van der Waals surface area (Å²) in [7, 11) is 1.59. The second-order valence-corrected chi connectivity index (χ2v) is 9.93. The second kappa shape index (κ2) is 10.8. The van der Waals surface area contributed by atoms with Gasteiger partial charge in [0.15, 0.2) is 4.88 Å². The SMILES string of the molecule is CCOC(=O)c1sc(-c2cc(NCCn3c(C)cc4c(OC)ccc(F)c43)ccn2)nc1OCC1CC1. The van der Waals surface area contributed by atoms with E-state index in [1.165, 1.54) is 17.4 Å². The Morgan fingerprint density at radius 3 is 2.86 bits per heavy atom. The third kappa shape index (κ3) is 5.39. The first kappa shape index (κ1) is 25.0. The number of esters is 1. The minimum atomic E-state index is -0.440. The van der Waals surface area contributed by atoms with E-state index in [1.54, 1.807) is 26.3 Å². The highest BCUT2D eigenvalue weighted by atomic mass is 32.1. The van der Waals surface area contributed by atoms with E-state index >= 15 is 0 Å². The number of carbonyl (C=O) groups is 1. The van der Waals surface area contributed by atoms with Crippen molar-refractivity contribution in [1.29, 1.82) is 0 Å². The average Bonchev–Trinajstić information content (AvgIpc) is 3.53. The van der Waals surface area contributed by atoms with E-state index in [4.69, 9.17) is 14.2 Å². The van der Waals surface area contributed by atoms with Crippen molar-refractivity contribution in [1.82, 2.24) is 14.5 Å². The molecule has 0 bridgehead atoms. The van der Waals surface area contributed by atoms with Crippen LogP contribution in [-0.4, -0.2) is 47.4 Å². The van der Waals surface area contributed by atoms with E-state index in [9.17, 15) is 9.18 Å². The zero-order valence-corrected chi connectivity index (χ0v) is 21.9. The minimum absolute atomic E-state index is 0.276. The summed E-state index contributed by atoms with van der Waals surface area (Å²) in [4.78, 5) is 21.8. The number of anilines is 1. The first-order valence-electron chi connectivity index (χ1n) is 12.3. The van der Waals surface area contributed by atoms with Crippen LogP contribution in [0.1, 0.15) is 35.1 Å². The van der Waals surface area contributed by atoms with Gasteiger partial charge in [0.2, 0.25) is 5.88 Å². The molecule has 1 aromatic carbocycles. The molecule has 1 aliphatic carbocycles. The topological polar surface area (TPSA) is 87.5 Å². The molecule has 8 nitrogen and oxygen atoms in total. The summed E-state index contributed by atoms with van der Waals surface area (Å²) >= 11 is 1.21. The lowest BCUT2D eigenvalue weighted by Crippen LogP contribution is -2.12. The number of carbonyl (C=O) groups excluding carboxylic acids is 1. The molecule has 0 amide bonds. The van der Waals surface area contributed by atoms with Gasteiger partial charge < -0.3 is 24.1 Å². The number of fused-ring (bicyclic) bond motifs is 1. The van der Waals surface area contributed by atoms with Crippen LogP contribution in [-0.2, 0) is 11.3 Å². The van der Waals surface area contributed by atoms with Crippen LogP contribution >= 0.6 is 11.3 Å². The summed E-state index contributed by atoms with van der Waals surface area (Å²) < 4.78 is 33.1. The zero-order chi connectivity index (χ0) is 25.9. The lowest BCUT2D eigenvalue weighted by molar-refractivity contribution is 0.0527. The van der Waals surface area contributed by atoms with Crippen molar-refractivity contribution < 1.29 is 23.4 Å². The number of hydrogen-bond donors (Lipinski definition) is 1. The molecule has 1 N–H and O–H groups in total. The highest BCUT2D eigenvalue weighted by Gasteiger charge is 2.26. The molecule has 0 radical (unpaired) electrons. The molecule has 1 saturated carbocycles. The van der Waals surface area contributed by atoms with Crippen molar-refractivity contribution in [3.63, 3.8) is 0 Å². The molecule has 0 aliphatic heterocycles. The number of nitrogens with zero attached hydrogens (tertiary/aromatic N) is 3. The maximum atomic E-state index is 14.7. The lowest BCUT2D eigenvalue weighted by Gasteiger charge is -2.12. The fourth-order valence-electron chi connectivity index (χ4n) is 4.20. The highest BCUT2D eigenvalue weighted by Crippen LogP contribution is 2.36. The molecule has 194 valence electrons. The fraction of sp³-hybridized carbons (Fsp3) is 0.370. The molecule has 1 aliphatic rings. The number of hydrogen-bond acceptors (Lipinski definition) is 8. The van der Waals surface area contributed by atoms with Crippen molar-refractivity contribution in [2.75, 3.05) is 32.2 Å². The number of aryl methyl sites for hydroxylation is 1. The quantitative estimate of drug-likeness (QED) is 0.252. The maximum Gasteiger partial charge on any atom is 0.354 e. The van der Waals surface area contributed by atoms with Gasteiger partial charge in [-0.2, -0.15) is 4.98 Å². The Morgan fingerprint density at radius 1 is 1.27 bits per heavy atom. The van der Waals surface area contributed by atoms with Gasteiger partial charge in [0.05, 0.1) is 25.8 Å². The van der Waals surface area contributed by atoms with Gasteiger partial charge in [-0.25, -0.2) is 9.18 Å². The van der Waals surface area contributed by atoms with Gasteiger partial charge in [-0.1, -0.05) is 0 Å². The Balaban J connectivity index is 1.32. The molecule has 37 heavy (non-hydrogen) atoms. The van der Waals surface area contributed by atoms with Crippen molar-refractivity contribution in [3.8, 4) is 22.3 Å². The first-order valence-corrected chi connectivity index (χ1v) is 13.1. The number of nitrogens with one attached hydrogen (secondary N) is 1. The largest absolute Gasteiger partial charge is 0.496 e. The third-order valence-corrected chi connectivity index (χ3v) is 7.29. The fourth-order valence-corrected chi connectivity index (χ4v) is 5.07.